The second kappa shape index (κ2) is 4.72. The quantitative estimate of drug-likeness (QED) is 0.692. The van der Waals surface area contributed by atoms with Gasteiger partial charge in [-0.05, 0) is 55.9 Å². The Balaban J connectivity index is 1.54. The summed E-state index contributed by atoms with van der Waals surface area (Å²) >= 11 is 0. The molecule has 5 N–H and O–H groups in total. The van der Waals surface area contributed by atoms with Gasteiger partial charge in [-0.1, -0.05) is 0 Å². The molecular weight excluding hydrogens is 304 g/mol. The molecule has 4 bridgehead atoms. The average molecular weight is 326 g/mol. The zero-order valence-corrected chi connectivity index (χ0v) is 13.5. The van der Waals surface area contributed by atoms with Gasteiger partial charge in [0.15, 0.2) is 0 Å². The van der Waals surface area contributed by atoms with Gasteiger partial charge in [0.2, 0.25) is 0 Å². The molecule has 24 heavy (non-hydrogen) atoms. The van der Waals surface area contributed by atoms with E-state index < -0.39 is 11.5 Å². The van der Waals surface area contributed by atoms with Crippen LogP contribution in [0.5, 0.6) is 0 Å². The minimum Gasteiger partial charge on any atom is -0.390 e. The Labute approximate surface area is 139 Å². The number of rotatable bonds is 3. The average Bonchev–Trinajstić information content (AvgIpc) is 2.97. The molecule has 2 aromatic rings. The maximum absolute atomic E-state index is 11.9. The molecule has 0 radical (unpaired) electrons. The lowest BCUT2D eigenvalue weighted by Gasteiger charge is -2.58. The van der Waals surface area contributed by atoms with Crippen LogP contribution >= 0.6 is 0 Å². The lowest BCUT2D eigenvalue weighted by atomic mass is 9.52. The molecule has 4 saturated carbocycles. The number of pyridine rings is 1. The Hall–Kier alpha value is -2.08. The van der Waals surface area contributed by atoms with Gasteiger partial charge in [0.05, 0.1) is 16.9 Å². The highest BCUT2D eigenvalue weighted by molar-refractivity contribution is 6.06. The van der Waals surface area contributed by atoms with Crippen LogP contribution < -0.4 is 11.1 Å². The summed E-state index contributed by atoms with van der Waals surface area (Å²) in [4.78, 5) is 19.3. The number of nitrogens with one attached hydrogen (secondary N) is 2. The summed E-state index contributed by atoms with van der Waals surface area (Å²) in [5.41, 5.74) is 7.10. The van der Waals surface area contributed by atoms with Gasteiger partial charge in [0, 0.05) is 23.8 Å². The number of anilines is 1. The number of amides is 1. The number of H-pyrrole nitrogens is 1. The maximum Gasteiger partial charge on any atom is 0.252 e. The third kappa shape index (κ3) is 1.99. The van der Waals surface area contributed by atoms with Crippen LogP contribution in [0.3, 0.4) is 0 Å². The van der Waals surface area contributed by atoms with Gasteiger partial charge in [-0.2, -0.15) is 0 Å². The summed E-state index contributed by atoms with van der Waals surface area (Å²) in [5, 5.41) is 15.3. The van der Waals surface area contributed by atoms with Crippen LogP contribution in [-0.2, 0) is 0 Å². The number of fused-ring (bicyclic) bond motifs is 1. The lowest BCUT2D eigenvalue weighted by molar-refractivity contribution is -0.129. The Bertz CT molecular complexity index is 814. The number of aliphatic hydroxyl groups is 1. The van der Waals surface area contributed by atoms with Crippen molar-refractivity contribution in [1.82, 2.24) is 9.97 Å². The van der Waals surface area contributed by atoms with Crippen LogP contribution in [0.4, 0.5) is 5.69 Å². The molecule has 2 unspecified atom stereocenters. The van der Waals surface area contributed by atoms with Crippen molar-refractivity contribution >= 4 is 22.6 Å². The molecule has 4 aliphatic rings. The summed E-state index contributed by atoms with van der Waals surface area (Å²) in [7, 11) is 0. The van der Waals surface area contributed by atoms with E-state index in [9.17, 15) is 9.90 Å². The number of aromatic amines is 1. The standard InChI is InChI=1S/C18H22N4O2/c19-16(23)13-8-21-17-12(1-2-20-17)15(13)22-14-10-3-9-4-11(14)7-18(24,5-9)6-10/h1-2,8-11,14,24H,3-7H2,(H2,19,23)(H2,20,21,22)/t9?,10-,11?,14-,18-/m1/s1. The predicted molar refractivity (Wildman–Crippen MR) is 90.5 cm³/mol. The van der Waals surface area contributed by atoms with E-state index in [0.717, 1.165) is 36.0 Å². The molecule has 0 saturated heterocycles. The molecule has 6 heteroatoms. The highest BCUT2D eigenvalue weighted by Crippen LogP contribution is 2.56. The molecule has 6 nitrogen and oxygen atoms in total. The summed E-state index contributed by atoms with van der Waals surface area (Å²) in [6.07, 6.45) is 8.42. The molecule has 2 aromatic heterocycles. The largest absolute Gasteiger partial charge is 0.390 e. The molecule has 0 spiro atoms. The number of nitrogens with zero attached hydrogens (tertiary/aromatic N) is 1. The first-order chi connectivity index (χ1) is 11.5. The van der Waals surface area contributed by atoms with Crippen LogP contribution in [0.15, 0.2) is 18.5 Å². The Morgan fingerprint density at radius 3 is 2.75 bits per heavy atom. The van der Waals surface area contributed by atoms with Gasteiger partial charge in [-0.15, -0.1) is 0 Å². The summed E-state index contributed by atoms with van der Waals surface area (Å²) in [6.45, 7) is 0. The van der Waals surface area contributed by atoms with Crippen molar-refractivity contribution in [3.8, 4) is 0 Å². The normalized spacial score (nSPS) is 37.0. The third-order valence-corrected chi connectivity index (χ3v) is 6.40. The first-order valence-corrected chi connectivity index (χ1v) is 8.77. The molecule has 126 valence electrons. The van der Waals surface area contributed by atoms with Crippen LogP contribution in [0.2, 0.25) is 0 Å². The fourth-order valence-electron chi connectivity index (χ4n) is 5.73. The maximum atomic E-state index is 11.9. The molecule has 6 rings (SSSR count). The minimum atomic E-state index is -0.462. The highest BCUT2D eigenvalue weighted by atomic mass is 16.3. The van der Waals surface area contributed by atoms with E-state index in [1.54, 1.807) is 6.20 Å². The zero-order chi connectivity index (χ0) is 16.5. The smallest absolute Gasteiger partial charge is 0.252 e. The van der Waals surface area contributed by atoms with Crippen molar-refractivity contribution < 1.29 is 9.90 Å². The lowest BCUT2D eigenvalue weighted by Crippen LogP contribution is -2.59. The molecule has 1 amide bonds. The van der Waals surface area contributed by atoms with E-state index >= 15 is 0 Å². The van der Waals surface area contributed by atoms with Crippen molar-refractivity contribution in [2.45, 2.75) is 43.7 Å². The van der Waals surface area contributed by atoms with E-state index in [1.165, 1.54) is 12.8 Å². The molecule has 4 fully saturated rings. The number of carbonyl (C=O) groups excluding carboxylic acids is 1. The Morgan fingerprint density at radius 2 is 2.08 bits per heavy atom. The molecular formula is C18H22N4O2. The minimum absolute atomic E-state index is 0.292. The third-order valence-electron chi connectivity index (χ3n) is 6.40. The van der Waals surface area contributed by atoms with Gasteiger partial charge in [0.25, 0.3) is 5.91 Å². The van der Waals surface area contributed by atoms with E-state index in [4.69, 9.17) is 5.73 Å². The SMILES string of the molecule is NC(=O)c1cnc2[nH]ccc2c1N[C@H]1C2CC3C[C@@H]1C[C@](O)(C3)C2. The van der Waals surface area contributed by atoms with Gasteiger partial charge in [-0.3, -0.25) is 4.79 Å². The van der Waals surface area contributed by atoms with Crippen molar-refractivity contribution in [2.75, 3.05) is 5.32 Å². The van der Waals surface area contributed by atoms with Crippen LogP contribution in [-0.4, -0.2) is 32.6 Å². The fourth-order valence-corrected chi connectivity index (χ4v) is 5.73. The number of hydrogen-bond donors (Lipinski definition) is 4. The number of primary amides is 1. The first kappa shape index (κ1) is 14.3. The van der Waals surface area contributed by atoms with E-state index in [2.05, 4.69) is 15.3 Å². The van der Waals surface area contributed by atoms with E-state index in [-0.39, 0.29) is 0 Å². The Morgan fingerprint density at radius 1 is 1.33 bits per heavy atom. The van der Waals surface area contributed by atoms with Gasteiger partial charge in [0.1, 0.15) is 5.65 Å². The zero-order valence-electron chi connectivity index (χ0n) is 13.5. The van der Waals surface area contributed by atoms with Crippen LogP contribution in [0.25, 0.3) is 11.0 Å². The number of hydrogen-bond acceptors (Lipinski definition) is 4. The molecule has 0 aromatic carbocycles. The number of nitrogens with two attached hydrogens (primary N) is 1. The molecule has 4 aliphatic carbocycles. The second-order valence-corrected chi connectivity index (χ2v) is 8.02. The second-order valence-electron chi connectivity index (χ2n) is 8.02. The fraction of sp³-hybridized carbons (Fsp3) is 0.556. The van der Waals surface area contributed by atoms with Gasteiger partial charge in [-0.25, -0.2) is 4.98 Å². The first-order valence-electron chi connectivity index (χ1n) is 8.77. The highest BCUT2D eigenvalue weighted by Gasteiger charge is 2.54. The summed E-state index contributed by atoms with van der Waals surface area (Å²) in [5.74, 6) is 1.12. The van der Waals surface area contributed by atoms with Crippen molar-refractivity contribution in [1.29, 1.82) is 0 Å². The van der Waals surface area contributed by atoms with E-state index in [0.29, 0.717) is 29.4 Å². The van der Waals surface area contributed by atoms with Crippen LogP contribution in [0, 0.1) is 17.8 Å². The summed E-state index contributed by atoms with van der Waals surface area (Å²) < 4.78 is 0. The molecule has 0 aliphatic heterocycles. The summed E-state index contributed by atoms with van der Waals surface area (Å²) in [6, 6.07) is 2.22. The molecule has 2 heterocycles. The monoisotopic (exact) mass is 326 g/mol. The van der Waals surface area contributed by atoms with Gasteiger partial charge < -0.3 is 21.1 Å². The van der Waals surface area contributed by atoms with Crippen molar-refractivity contribution in [2.24, 2.45) is 23.5 Å². The van der Waals surface area contributed by atoms with Crippen LogP contribution in [0.1, 0.15) is 42.5 Å². The number of carbonyl (C=O) groups is 1. The number of aromatic nitrogens is 2. The van der Waals surface area contributed by atoms with Crippen molar-refractivity contribution in [3.63, 3.8) is 0 Å². The Kier molecular flexibility index (Phi) is 2.81. The topological polar surface area (TPSA) is 104 Å². The van der Waals surface area contributed by atoms with Gasteiger partial charge >= 0.3 is 0 Å². The predicted octanol–water partition coefficient (Wildman–Crippen LogP) is 2.01. The molecule has 5 atom stereocenters. The van der Waals surface area contributed by atoms with E-state index in [1.807, 2.05) is 12.3 Å². The van der Waals surface area contributed by atoms with Crippen molar-refractivity contribution in [3.05, 3.63) is 24.0 Å².